The molecule has 0 saturated carbocycles. The molecule has 1 unspecified atom stereocenters. The third-order valence-electron chi connectivity index (χ3n) is 2.60. The van der Waals surface area contributed by atoms with Crippen LogP contribution in [0.5, 0.6) is 0 Å². The highest BCUT2D eigenvalue weighted by molar-refractivity contribution is 6.00. The van der Waals surface area contributed by atoms with E-state index in [2.05, 4.69) is 11.3 Å². The molecule has 0 aromatic rings. The number of hydrogen-bond donors (Lipinski definition) is 1. The lowest BCUT2D eigenvalue weighted by atomic mass is 9.95. The van der Waals surface area contributed by atoms with Gasteiger partial charge in [-0.15, -0.1) is 0 Å². The second-order valence-electron chi connectivity index (χ2n) is 6.11. The molecular weight excluding hydrogens is 303 g/mol. The van der Waals surface area contributed by atoms with Gasteiger partial charge in [0.25, 0.3) is 5.91 Å². The first-order chi connectivity index (χ1) is 9.67. The minimum atomic E-state index is -4.95. The standard InChI is InChI=1S/C14H20F3NO4/c1-7(2)9(10(19)18-12(21)13(4,5)6)22-11(20)8(3)14(15,16)17/h7,9H,3H2,1-2,4-6H3,(H,18,19,21). The third kappa shape index (κ3) is 5.87. The molecule has 0 aromatic carbocycles. The van der Waals surface area contributed by atoms with E-state index in [1.165, 1.54) is 13.8 Å². The van der Waals surface area contributed by atoms with Gasteiger partial charge >= 0.3 is 12.1 Å². The van der Waals surface area contributed by atoms with Gasteiger partial charge in [0.05, 0.1) is 0 Å². The molecule has 0 aliphatic carbocycles. The third-order valence-corrected chi connectivity index (χ3v) is 2.60. The monoisotopic (exact) mass is 323 g/mol. The number of imide groups is 1. The summed E-state index contributed by atoms with van der Waals surface area (Å²) in [5.74, 6) is -3.98. The van der Waals surface area contributed by atoms with Crippen LogP contribution in [-0.2, 0) is 19.1 Å². The van der Waals surface area contributed by atoms with Crippen LogP contribution in [0, 0.1) is 11.3 Å². The highest BCUT2D eigenvalue weighted by Crippen LogP contribution is 2.26. The summed E-state index contributed by atoms with van der Waals surface area (Å²) in [6.45, 7) is 10.2. The summed E-state index contributed by atoms with van der Waals surface area (Å²) in [5, 5.41) is 2.02. The number of carbonyl (C=O) groups is 3. The molecule has 2 amide bonds. The van der Waals surface area contributed by atoms with Crippen molar-refractivity contribution >= 4 is 17.8 Å². The number of esters is 1. The van der Waals surface area contributed by atoms with E-state index in [9.17, 15) is 27.6 Å². The smallest absolute Gasteiger partial charge is 0.422 e. The molecule has 0 heterocycles. The molecule has 1 N–H and O–H groups in total. The number of nitrogens with one attached hydrogen (secondary N) is 1. The van der Waals surface area contributed by atoms with Crippen molar-refractivity contribution in [3.8, 4) is 0 Å². The van der Waals surface area contributed by atoms with Crippen molar-refractivity contribution in [1.29, 1.82) is 0 Å². The summed E-state index contributed by atoms with van der Waals surface area (Å²) in [4.78, 5) is 35.0. The summed E-state index contributed by atoms with van der Waals surface area (Å²) < 4.78 is 41.6. The maximum atomic E-state index is 12.4. The Morgan fingerprint density at radius 3 is 1.86 bits per heavy atom. The molecule has 0 aromatic heterocycles. The van der Waals surface area contributed by atoms with Gasteiger partial charge < -0.3 is 4.74 Å². The number of amides is 2. The molecule has 1 atom stereocenters. The highest BCUT2D eigenvalue weighted by atomic mass is 19.4. The van der Waals surface area contributed by atoms with Crippen molar-refractivity contribution in [1.82, 2.24) is 5.32 Å². The van der Waals surface area contributed by atoms with Crippen LogP contribution in [0.1, 0.15) is 34.6 Å². The Morgan fingerprint density at radius 2 is 1.55 bits per heavy atom. The fourth-order valence-corrected chi connectivity index (χ4v) is 1.17. The first kappa shape index (κ1) is 20.1. The van der Waals surface area contributed by atoms with Crippen LogP contribution in [0.15, 0.2) is 12.2 Å². The Hall–Kier alpha value is -1.86. The van der Waals surface area contributed by atoms with Crippen LogP contribution in [-0.4, -0.2) is 30.1 Å². The zero-order chi connectivity index (χ0) is 17.9. The number of rotatable bonds is 4. The second-order valence-corrected chi connectivity index (χ2v) is 6.11. The van der Waals surface area contributed by atoms with E-state index in [0.29, 0.717) is 0 Å². The van der Waals surface area contributed by atoms with Gasteiger partial charge in [0, 0.05) is 5.41 Å². The summed E-state index contributed by atoms with van der Waals surface area (Å²) in [6.07, 6.45) is -6.48. The van der Waals surface area contributed by atoms with E-state index in [1.807, 2.05) is 5.32 Å². The van der Waals surface area contributed by atoms with E-state index in [0.717, 1.165) is 0 Å². The van der Waals surface area contributed by atoms with Crippen molar-refractivity contribution in [2.45, 2.75) is 46.9 Å². The topological polar surface area (TPSA) is 72.5 Å². The van der Waals surface area contributed by atoms with Crippen molar-refractivity contribution in [3.05, 3.63) is 12.2 Å². The normalized spacial score (nSPS) is 13.5. The van der Waals surface area contributed by atoms with Gasteiger partial charge in [-0.3, -0.25) is 14.9 Å². The molecule has 0 fully saturated rings. The Morgan fingerprint density at radius 1 is 1.09 bits per heavy atom. The molecule has 0 radical (unpaired) electrons. The van der Waals surface area contributed by atoms with Crippen LogP contribution < -0.4 is 5.32 Å². The lowest BCUT2D eigenvalue weighted by Crippen LogP contribution is -2.47. The number of carbonyl (C=O) groups excluding carboxylic acids is 3. The molecule has 0 bridgehead atoms. The number of alkyl halides is 3. The van der Waals surface area contributed by atoms with E-state index in [1.54, 1.807) is 20.8 Å². The number of hydrogen-bond acceptors (Lipinski definition) is 4. The molecule has 22 heavy (non-hydrogen) atoms. The fourth-order valence-electron chi connectivity index (χ4n) is 1.17. The molecule has 0 aliphatic rings. The summed E-state index contributed by atoms with van der Waals surface area (Å²) in [6, 6.07) is 0. The van der Waals surface area contributed by atoms with Crippen LogP contribution in [0.4, 0.5) is 13.2 Å². The Labute approximate surface area is 126 Å². The average molecular weight is 323 g/mol. The molecular formula is C14H20F3NO4. The minimum Gasteiger partial charge on any atom is -0.448 e. The van der Waals surface area contributed by atoms with Crippen molar-refractivity contribution in [3.63, 3.8) is 0 Å². The highest BCUT2D eigenvalue weighted by Gasteiger charge is 2.40. The maximum absolute atomic E-state index is 12.4. The Kier molecular flexibility index (Phi) is 6.35. The Bertz CT molecular complexity index is 475. The van der Waals surface area contributed by atoms with E-state index >= 15 is 0 Å². The van der Waals surface area contributed by atoms with Crippen LogP contribution in [0.25, 0.3) is 0 Å². The second kappa shape index (κ2) is 6.93. The van der Waals surface area contributed by atoms with Gasteiger partial charge in [0.15, 0.2) is 6.10 Å². The molecule has 5 nitrogen and oxygen atoms in total. The molecule has 0 spiro atoms. The van der Waals surface area contributed by atoms with Crippen LogP contribution >= 0.6 is 0 Å². The molecule has 0 aliphatic heterocycles. The maximum Gasteiger partial charge on any atom is 0.422 e. The summed E-state index contributed by atoms with van der Waals surface area (Å²) in [7, 11) is 0. The zero-order valence-corrected chi connectivity index (χ0v) is 13.1. The Balaban J connectivity index is 5.03. The van der Waals surface area contributed by atoms with Crippen molar-refractivity contribution < 1.29 is 32.3 Å². The fraction of sp³-hybridized carbons (Fsp3) is 0.643. The van der Waals surface area contributed by atoms with Crippen molar-refractivity contribution in [2.24, 2.45) is 11.3 Å². The van der Waals surface area contributed by atoms with Gasteiger partial charge in [-0.1, -0.05) is 41.2 Å². The zero-order valence-electron chi connectivity index (χ0n) is 13.1. The molecule has 8 heteroatoms. The predicted octanol–water partition coefficient (Wildman–Crippen LogP) is 2.36. The van der Waals surface area contributed by atoms with E-state index in [-0.39, 0.29) is 0 Å². The predicted molar refractivity (Wildman–Crippen MR) is 72.5 cm³/mol. The first-order valence-corrected chi connectivity index (χ1v) is 6.50. The number of ether oxygens (including phenoxy) is 1. The van der Waals surface area contributed by atoms with Gasteiger partial charge in [-0.05, 0) is 5.92 Å². The molecule has 126 valence electrons. The van der Waals surface area contributed by atoms with Crippen LogP contribution in [0.2, 0.25) is 0 Å². The van der Waals surface area contributed by atoms with Gasteiger partial charge in [-0.25, -0.2) is 4.79 Å². The lowest BCUT2D eigenvalue weighted by molar-refractivity contribution is -0.164. The average Bonchev–Trinajstić information content (AvgIpc) is 2.31. The van der Waals surface area contributed by atoms with Gasteiger partial charge in [0.1, 0.15) is 5.57 Å². The summed E-state index contributed by atoms with van der Waals surface area (Å²) in [5.41, 5.74) is -2.59. The quantitative estimate of drug-likeness (QED) is 0.637. The summed E-state index contributed by atoms with van der Waals surface area (Å²) >= 11 is 0. The SMILES string of the molecule is C=C(C(=O)OC(C(=O)NC(=O)C(C)(C)C)C(C)C)C(F)(F)F. The first-order valence-electron chi connectivity index (χ1n) is 6.50. The van der Waals surface area contributed by atoms with Crippen LogP contribution in [0.3, 0.4) is 0 Å². The molecule has 0 saturated heterocycles. The lowest BCUT2D eigenvalue weighted by Gasteiger charge is -2.23. The molecule has 0 rings (SSSR count). The largest absolute Gasteiger partial charge is 0.448 e. The van der Waals surface area contributed by atoms with Gasteiger partial charge in [-0.2, -0.15) is 13.2 Å². The van der Waals surface area contributed by atoms with E-state index < -0.39 is 47.0 Å². The number of halogens is 3. The minimum absolute atomic E-state index is 0.627. The van der Waals surface area contributed by atoms with Gasteiger partial charge in [0.2, 0.25) is 5.91 Å². The van der Waals surface area contributed by atoms with E-state index in [4.69, 9.17) is 0 Å². The van der Waals surface area contributed by atoms with Crippen molar-refractivity contribution in [2.75, 3.05) is 0 Å².